The maximum Gasteiger partial charge on any atom is 0.276 e. The SMILES string of the molecule is Cc1cc2c(=O)n(CCNCCCC(C)C)ccn2n1. The summed E-state index contributed by atoms with van der Waals surface area (Å²) < 4.78 is 3.39. The van der Waals surface area contributed by atoms with Crippen LogP contribution in [-0.2, 0) is 6.54 Å². The Hall–Kier alpha value is -1.62. The molecule has 0 aliphatic rings. The average Bonchev–Trinajstić information content (AvgIpc) is 2.77. The van der Waals surface area contributed by atoms with Gasteiger partial charge in [0.25, 0.3) is 5.56 Å². The molecule has 0 atom stereocenters. The molecule has 0 aromatic carbocycles. The standard InChI is InChI=1S/C15H24N4O/c1-12(2)5-4-6-16-7-8-18-9-10-19-14(15(18)20)11-13(3)17-19/h9-12,16H,4-8H2,1-3H3. The molecule has 20 heavy (non-hydrogen) atoms. The van der Waals surface area contributed by atoms with Crippen LogP contribution in [-0.4, -0.2) is 27.3 Å². The van der Waals surface area contributed by atoms with Gasteiger partial charge in [0.15, 0.2) is 0 Å². The highest BCUT2D eigenvalue weighted by atomic mass is 16.1. The molecule has 2 aromatic rings. The number of fused-ring (bicyclic) bond motifs is 1. The summed E-state index contributed by atoms with van der Waals surface area (Å²) in [6.45, 7) is 8.90. The molecule has 0 unspecified atom stereocenters. The lowest BCUT2D eigenvalue weighted by atomic mass is 10.1. The van der Waals surface area contributed by atoms with E-state index in [4.69, 9.17) is 0 Å². The van der Waals surface area contributed by atoms with Crippen LogP contribution in [0.3, 0.4) is 0 Å². The first-order chi connectivity index (χ1) is 9.58. The van der Waals surface area contributed by atoms with Gasteiger partial charge in [-0.1, -0.05) is 13.8 Å². The van der Waals surface area contributed by atoms with Gasteiger partial charge in [-0.25, -0.2) is 4.52 Å². The van der Waals surface area contributed by atoms with Crippen molar-refractivity contribution < 1.29 is 0 Å². The third kappa shape index (κ3) is 3.70. The lowest BCUT2D eigenvalue weighted by Gasteiger charge is -2.08. The van der Waals surface area contributed by atoms with Crippen molar-refractivity contribution >= 4 is 5.52 Å². The van der Waals surface area contributed by atoms with Crippen molar-refractivity contribution in [3.05, 3.63) is 34.5 Å². The highest BCUT2D eigenvalue weighted by Gasteiger charge is 2.04. The molecular weight excluding hydrogens is 252 g/mol. The predicted octanol–water partition coefficient (Wildman–Crippen LogP) is 1.83. The van der Waals surface area contributed by atoms with Gasteiger partial charge in [0.1, 0.15) is 5.52 Å². The van der Waals surface area contributed by atoms with Crippen LogP contribution < -0.4 is 10.9 Å². The number of nitrogens with zero attached hydrogens (tertiary/aromatic N) is 3. The Morgan fingerprint density at radius 2 is 2.10 bits per heavy atom. The summed E-state index contributed by atoms with van der Waals surface area (Å²) in [5.74, 6) is 0.756. The summed E-state index contributed by atoms with van der Waals surface area (Å²) in [5, 5.41) is 7.63. The van der Waals surface area contributed by atoms with Crippen LogP contribution in [0.15, 0.2) is 23.3 Å². The van der Waals surface area contributed by atoms with Gasteiger partial charge in [-0.3, -0.25) is 4.79 Å². The molecule has 0 spiro atoms. The Labute approximate surface area is 119 Å². The molecule has 5 nitrogen and oxygen atoms in total. The predicted molar refractivity (Wildman–Crippen MR) is 81.1 cm³/mol. The first kappa shape index (κ1) is 14.8. The van der Waals surface area contributed by atoms with Crippen molar-refractivity contribution in [3.63, 3.8) is 0 Å². The molecule has 2 heterocycles. The van der Waals surface area contributed by atoms with Crippen molar-refractivity contribution in [2.24, 2.45) is 5.92 Å². The first-order valence-electron chi connectivity index (χ1n) is 7.34. The summed E-state index contributed by atoms with van der Waals surface area (Å²) in [4.78, 5) is 12.2. The number of hydrogen-bond acceptors (Lipinski definition) is 3. The largest absolute Gasteiger partial charge is 0.315 e. The summed E-state index contributed by atoms with van der Waals surface area (Å²) in [6.07, 6.45) is 6.07. The summed E-state index contributed by atoms with van der Waals surface area (Å²) in [6, 6.07) is 1.83. The second-order valence-electron chi connectivity index (χ2n) is 5.70. The quantitative estimate of drug-likeness (QED) is 0.785. The third-order valence-corrected chi connectivity index (χ3v) is 3.39. The molecule has 2 aromatic heterocycles. The maximum atomic E-state index is 12.2. The van der Waals surface area contributed by atoms with E-state index in [1.165, 1.54) is 12.8 Å². The zero-order valence-electron chi connectivity index (χ0n) is 12.6. The van der Waals surface area contributed by atoms with Crippen LogP contribution in [0.5, 0.6) is 0 Å². The summed E-state index contributed by atoms with van der Waals surface area (Å²) in [7, 11) is 0. The van der Waals surface area contributed by atoms with Crippen molar-refractivity contribution in [2.45, 2.75) is 40.2 Å². The van der Waals surface area contributed by atoms with E-state index in [2.05, 4.69) is 24.3 Å². The van der Waals surface area contributed by atoms with Crippen LogP contribution >= 0.6 is 0 Å². The topological polar surface area (TPSA) is 51.3 Å². The zero-order valence-corrected chi connectivity index (χ0v) is 12.6. The van der Waals surface area contributed by atoms with Gasteiger partial charge in [-0.15, -0.1) is 0 Å². The van der Waals surface area contributed by atoms with Crippen molar-refractivity contribution in [1.29, 1.82) is 0 Å². The average molecular weight is 276 g/mol. The van der Waals surface area contributed by atoms with E-state index >= 15 is 0 Å². The van der Waals surface area contributed by atoms with E-state index in [0.717, 1.165) is 24.7 Å². The van der Waals surface area contributed by atoms with E-state index in [1.54, 1.807) is 15.3 Å². The molecule has 1 N–H and O–H groups in total. The Morgan fingerprint density at radius 1 is 1.30 bits per heavy atom. The molecule has 0 aliphatic carbocycles. The molecule has 0 saturated heterocycles. The Balaban J connectivity index is 1.87. The normalized spacial score (nSPS) is 11.6. The fourth-order valence-corrected chi connectivity index (χ4v) is 2.28. The Bertz CT molecular complexity index is 612. The van der Waals surface area contributed by atoms with Crippen LogP contribution in [0.4, 0.5) is 0 Å². The Morgan fingerprint density at radius 3 is 2.85 bits per heavy atom. The van der Waals surface area contributed by atoms with Gasteiger partial charge < -0.3 is 9.88 Å². The molecule has 110 valence electrons. The molecule has 0 fully saturated rings. The van der Waals surface area contributed by atoms with Crippen LogP contribution in [0.1, 0.15) is 32.4 Å². The third-order valence-electron chi connectivity index (χ3n) is 3.39. The maximum absolute atomic E-state index is 12.2. The molecule has 2 rings (SSSR count). The monoisotopic (exact) mass is 276 g/mol. The van der Waals surface area contributed by atoms with Crippen molar-refractivity contribution in [1.82, 2.24) is 19.5 Å². The Kier molecular flexibility index (Phi) is 4.95. The van der Waals surface area contributed by atoms with Crippen molar-refractivity contribution in [3.8, 4) is 0 Å². The molecule has 0 radical (unpaired) electrons. The van der Waals surface area contributed by atoms with Crippen LogP contribution in [0.25, 0.3) is 5.52 Å². The van der Waals surface area contributed by atoms with E-state index in [9.17, 15) is 4.79 Å². The first-order valence-corrected chi connectivity index (χ1v) is 7.34. The lowest BCUT2D eigenvalue weighted by molar-refractivity contribution is 0.512. The van der Waals surface area contributed by atoms with Gasteiger partial charge in [-0.05, 0) is 38.3 Å². The van der Waals surface area contributed by atoms with E-state index in [0.29, 0.717) is 12.1 Å². The van der Waals surface area contributed by atoms with Gasteiger partial charge in [0, 0.05) is 25.5 Å². The minimum atomic E-state index is 0.0251. The zero-order chi connectivity index (χ0) is 14.5. The fraction of sp³-hybridized carbons (Fsp3) is 0.600. The van der Waals surface area contributed by atoms with E-state index in [-0.39, 0.29) is 5.56 Å². The number of rotatable bonds is 7. The van der Waals surface area contributed by atoms with Gasteiger partial charge in [0.2, 0.25) is 0 Å². The van der Waals surface area contributed by atoms with Gasteiger partial charge in [-0.2, -0.15) is 5.10 Å². The lowest BCUT2D eigenvalue weighted by Crippen LogP contribution is -2.28. The van der Waals surface area contributed by atoms with Gasteiger partial charge in [0.05, 0.1) is 5.69 Å². The molecule has 0 bridgehead atoms. The summed E-state index contributed by atoms with van der Waals surface area (Å²) in [5.41, 5.74) is 1.54. The highest BCUT2D eigenvalue weighted by Crippen LogP contribution is 2.02. The van der Waals surface area contributed by atoms with Crippen molar-refractivity contribution in [2.75, 3.05) is 13.1 Å². The summed E-state index contributed by atoms with van der Waals surface area (Å²) >= 11 is 0. The van der Waals surface area contributed by atoms with E-state index in [1.807, 2.05) is 19.2 Å². The number of aromatic nitrogens is 3. The minimum Gasteiger partial charge on any atom is -0.315 e. The van der Waals surface area contributed by atoms with E-state index < -0.39 is 0 Å². The van der Waals surface area contributed by atoms with Crippen LogP contribution in [0.2, 0.25) is 0 Å². The molecule has 0 aliphatic heterocycles. The molecule has 0 saturated carbocycles. The molecule has 0 amide bonds. The highest BCUT2D eigenvalue weighted by molar-refractivity contribution is 5.44. The number of hydrogen-bond donors (Lipinski definition) is 1. The molecular formula is C15H24N4O. The van der Waals surface area contributed by atoms with Gasteiger partial charge >= 0.3 is 0 Å². The van der Waals surface area contributed by atoms with Crippen LogP contribution in [0, 0.1) is 12.8 Å². The second-order valence-corrected chi connectivity index (χ2v) is 5.70. The minimum absolute atomic E-state index is 0.0251. The fourth-order valence-electron chi connectivity index (χ4n) is 2.28. The number of aryl methyl sites for hydroxylation is 1. The smallest absolute Gasteiger partial charge is 0.276 e. The molecule has 5 heteroatoms. The number of nitrogens with one attached hydrogen (secondary N) is 1. The second kappa shape index (κ2) is 6.70.